The minimum absolute atomic E-state index is 0.881. The molecule has 3 heteroatoms. The minimum atomic E-state index is 0.881. The molecular weight excluding hydrogens is 132 g/mol. The number of rotatable bonds is 1. The van der Waals surface area contributed by atoms with Crippen LogP contribution in [-0.4, -0.2) is 0 Å². The first-order valence-electron chi connectivity index (χ1n) is 2.98. The molecule has 2 nitrogen and oxygen atoms in total. The van der Waals surface area contributed by atoms with Crippen molar-refractivity contribution < 1.29 is 4.57 Å². The van der Waals surface area contributed by atoms with Crippen LogP contribution in [0.5, 0.6) is 0 Å². The molecule has 0 aromatic carbocycles. The van der Waals surface area contributed by atoms with Crippen molar-refractivity contribution in [3.63, 3.8) is 0 Å². The summed E-state index contributed by atoms with van der Waals surface area (Å²) in [6.07, 6.45) is 3.15. The molecule has 1 heterocycles. The van der Waals surface area contributed by atoms with Crippen LogP contribution in [0, 0.1) is 0 Å². The molecule has 1 aromatic heterocycles. The fourth-order valence-electron chi connectivity index (χ4n) is 0.676. The van der Waals surface area contributed by atoms with Crippen molar-refractivity contribution in [3.05, 3.63) is 11.1 Å². The second-order valence-electron chi connectivity index (χ2n) is 2.00. The van der Waals surface area contributed by atoms with Crippen molar-refractivity contribution in [2.45, 2.75) is 13.3 Å². The molecule has 0 unspecified atom stereocenters. The number of hydrogen-bond donors (Lipinski definition) is 1. The topological polar surface area (TPSA) is 29.9 Å². The van der Waals surface area contributed by atoms with Crippen molar-refractivity contribution in [1.29, 1.82) is 0 Å². The number of nitrogens with two attached hydrogens (primary N) is 1. The Bertz CT molecular complexity index is 185. The second kappa shape index (κ2) is 2.35. The Morgan fingerprint density at radius 3 is 2.67 bits per heavy atom. The van der Waals surface area contributed by atoms with E-state index in [2.05, 4.69) is 13.1 Å². The van der Waals surface area contributed by atoms with E-state index in [0.29, 0.717) is 0 Å². The van der Waals surface area contributed by atoms with Gasteiger partial charge in [-0.15, -0.1) is 0 Å². The van der Waals surface area contributed by atoms with Gasteiger partial charge in [-0.2, -0.15) is 0 Å². The number of nitrogen functional groups attached to an aromatic ring is 1. The summed E-state index contributed by atoms with van der Waals surface area (Å²) in [6.45, 7) is 2.13. The highest BCUT2D eigenvalue weighted by Gasteiger charge is 2.03. The van der Waals surface area contributed by atoms with Crippen LogP contribution in [0.2, 0.25) is 0 Å². The standard InChI is InChI=1S/C6H10N2S/c1-3-5-4-8(2)6(7)9-5/h4,7H,3H2,1-2H3/p+1. The Morgan fingerprint density at radius 2 is 2.44 bits per heavy atom. The fraction of sp³-hybridized carbons (Fsp3) is 0.500. The average molecular weight is 143 g/mol. The van der Waals surface area contributed by atoms with E-state index in [1.54, 1.807) is 11.3 Å². The second-order valence-corrected chi connectivity index (χ2v) is 3.15. The third-order valence-electron chi connectivity index (χ3n) is 1.27. The normalized spacial score (nSPS) is 10.0. The molecule has 50 valence electrons. The van der Waals surface area contributed by atoms with Crippen LogP contribution < -0.4 is 10.3 Å². The first kappa shape index (κ1) is 6.55. The molecule has 0 aliphatic carbocycles. The molecule has 0 bridgehead atoms. The lowest BCUT2D eigenvalue weighted by Crippen LogP contribution is -2.27. The van der Waals surface area contributed by atoms with Crippen LogP contribution in [-0.2, 0) is 13.5 Å². The van der Waals surface area contributed by atoms with E-state index in [9.17, 15) is 0 Å². The van der Waals surface area contributed by atoms with Crippen molar-refractivity contribution >= 4 is 16.5 Å². The Hall–Kier alpha value is -0.570. The maximum absolute atomic E-state index is 5.60. The summed E-state index contributed by atoms with van der Waals surface area (Å²) in [5.74, 6) is 0. The molecule has 1 aromatic rings. The van der Waals surface area contributed by atoms with E-state index in [4.69, 9.17) is 5.73 Å². The third-order valence-corrected chi connectivity index (χ3v) is 2.42. The van der Waals surface area contributed by atoms with E-state index >= 15 is 0 Å². The number of anilines is 1. The van der Waals surface area contributed by atoms with Crippen LogP contribution in [0.1, 0.15) is 11.8 Å². The third kappa shape index (κ3) is 1.21. The Morgan fingerprint density at radius 1 is 1.78 bits per heavy atom. The Labute approximate surface area is 58.9 Å². The number of nitrogens with zero attached hydrogens (tertiary/aromatic N) is 1. The SMILES string of the molecule is CCc1c[n+](C)c(N)s1. The maximum Gasteiger partial charge on any atom is 0.331 e. The zero-order chi connectivity index (χ0) is 6.85. The van der Waals surface area contributed by atoms with Gasteiger partial charge in [-0.05, 0) is 6.42 Å². The molecular formula is C6H11N2S+. The van der Waals surface area contributed by atoms with Gasteiger partial charge in [-0.3, -0.25) is 5.73 Å². The van der Waals surface area contributed by atoms with Gasteiger partial charge in [0.1, 0.15) is 6.20 Å². The monoisotopic (exact) mass is 143 g/mol. The predicted molar refractivity (Wildman–Crippen MR) is 39.3 cm³/mol. The van der Waals surface area contributed by atoms with Crippen LogP contribution in [0.25, 0.3) is 0 Å². The van der Waals surface area contributed by atoms with E-state index in [0.717, 1.165) is 11.6 Å². The van der Waals surface area contributed by atoms with E-state index < -0.39 is 0 Å². The van der Waals surface area contributed by atoms with Gasteiger partial charge in [0.05, 0.1) is 11.9 Å². The van der Waals surface area contributed by atoms with Gasteiger partial charge in [0, 0.05) is 0 Å². The van der Waals surface area contributed by atoms with Crippen molar-refractivity contribution in [3.8, 4) is 0 Å². The molecule has 2 N–H and O–H groups in total. The Kier molecular flexibility index (Phi) is 1.71. The largest absolute Gasteiger partial charge is 0.331 e. The van der Waals surface area contributed by atoms with Crippen LogP contribution in [0.15, 0.2) is 6.20 Å². The van der Waals surface area contributed by atoms with Gasteiger partial charge < -0.3 is 0 Å². The first-order valence-corrected chi connectivity index (χ1v) is 3.79. The first-order chi connectivity index (χ1) is 4.24. The molecule has 0 amide bonds. The lowest BCUT2D eigenvalue weighted by atomic mass is 10.4. The highest BCUT2D eigenvalue weighted by molar-refractivity contribution is 7.14. The molecule has 0 radical (unpaired) electrons. The van der Waals surface area contributed by atoms with E-state index in [-0.39, 0.29) is 0 Å². The summed E-state index contributed by atoms with van der Waals surface area (Å²) >= 11 is 1.66. The molecule has 0 spiro atoms. The zero-order valence-electron chi connectivity index (χ0n) is 5.72. The van der Waals surface area contributed by atoms with Crippen molar-refractivity contribution in [2.24, 2.45) is 7.05 Å². The molecule has 0 atom stereocenters. The molecule has 0 fully saturated rings. The summed E-state index contributed by atoms with van der Waals surface area (Å²) in [7, 11) is 1.96. The summed E-state index contributed by atoms with van der Waals surface area (Å²) in [5.41, 5.74) is 5.60. The highest BCUT2D eigenvalue weighted by Crippen LogP contribution is 2.11. The minimum Gasteiger partial charge on any atom is -0.278 e. The van der Waals surface area contributed by atoms with E-state index in [1.807, 2.05) is 11.6 Å². The van der Waals surface area contributed by atoms with Crippen LogP contribution in [0.4, 0.5) is 5.13 Å². The smallest absolute Gasteiger partial charge is 0.278 e. The predicted octanol–water partition coefficient (Wildman–Crippen LogP) is 0.717. The number of hydrogen-bond acceptors (Lipinski definition) is 2. The van der Waals surface area contributed by atoms with Gasteiger partial charge in [-0.25, -0.2) is 4.57 Å². The van der Waals surface area contributed by atoms with Crippen LogP contribution >= 0.6 is 11.3 Å². The molecule has 0 aliphatic heterocycles. The number of thiazole rings is 1. The summed E-state index contributed by atoms with van der Waals surface area (Å²) < 4.78 is 1.95. The van der Waals surface area contributed by atoms with Crippen molar-refractivity contribution in [2.75, 3.05) is 5.73 Å². The lowest BCUT2D eigenvalue weighted by molar-refractivity contribution is -0.652. The number of aryl methyl sites for hydroxylation is 2. The van der Waals surface area contributed by atoms with Crippen molar-refractivity contribution in [1.82, 2.24) is 0 Å². The molecule has 9 heavy (non-hydrogen) atoms. The number of aromatic nitrogens is 1. The Balaban J connectivity index is 2.98. The molecule has 0 aliphatic rings. The van der Waals surface area contributed by atoms with Gasteiger partial charge in [0.2, 0.25) is 0 Å². The van der Waals surface area contributed by atoms with Gasteiger partial charge in [0.15, 0.2) is 0 Å². The zero-order valence-corrected chi connectivity index (χ0v) is 6.53. The van der Waals surface area contributed by atoms with E-state index in [1.165, 1.54) is 4.88 Å². The average Bonchev–Trinajstić information content (AvgIpc) is 2.13. The molecule has 1 rings (SSSR count). The maximum atomic E-state index is 5.60. The van der Waals surface area contributed by atoms with Gasteiger partial charge >= 0.3 is 5.13 Å². The fourth-order valence-corrected chi connectivity index (χ4v) is 1.50. The lowest BCUT2D eigenvalue weighted by Gasteiger charge is -1.78. The highest BCUT2D eigenvalue weighted by atomic mass is 32.1. The molecule has 0 saturated heterocycles. The summed E-state index contributed by atoms with van der Waals surface area (Å²) in [6, 6.07) is 0. The van der Waals surface area contributed by atoms with Gasteiger partial charge in [-0.1, -0.05) is 18.3 Å². The van der Waals surface area contributed by atoms with Crippen LogP contribution in [0.3, 0.4) is 0 Å². The summed E-state index contributed by atoms with van der Waals surface area (Å²) in [4.78, 5) is 1.34. The van der Waals surface area contributed by atoms with Gasteiger partial charge in [0.25, 0.3) is 0 Å². The molecule has 0 saturated carbocycles. The quantitative estimate of drug-likeness (QED) is 0.577. The summed E-state index contributed by atoms with van der Waals surface area (Å²) in [5, 5.41) is 0.881.